The van der Waals surface area contributed by atoms with Crippen LogP contribution in [0.15, 0.2) is 23.1 Å². The number of amides is 3. The molecule has 2 aromatic rings. The first-order chi connectivity index (χ1) is 14.6. The summed E-state index contributed by atoms with van der Waals surface area (Å²) in [5, 5.41) is 2.88. The van der Waals surface area contributed by atoms with Crippen LogP contribution in [0.25, 0.3) is 6.08 Å². The number of Topliss-reactive ketones (excluding diaryl/α,β-unsaturated/α-hetero) is 1. The van der Waals surface area contributed by atoms with Gasteiger partial charge in [0, 0.05) is 24.3 Å². The molecule has 3 rings (SSSR count). The summed E-state index contributed by atoms with van der Waals surface area (Å²) >= 11 is 12.9. The molecule has 1 aromatic heterocycles. The summed E-state index contributed by atoms with van der Waals surface area (Å²) in [6, 6.07) is 5.02. The van der Waals surface area contributed by atoms with Gasteiger partial charge in [-0.2, -0.15) is 0 Å². The van der Waals surface area contributed by atoms with Gasteiger partial charge in [0.05, 0.1) is 15.0 Å². The first kappa shape index (κ1) is 23.1. The van der Waals surface area contributed by atoms with E-state index in [1.165, 1.54) is 13.0 Å². The van der Waals surface area contributed by atoms with Gasteiger partial charge in [-0.25, -0.2) is 0 Å². The van der Waals surface area contributed by atoms with Gasteiger partial charge in [0.25, 0.3) is 17.1 Å². The minimum Gasteiger partial charge on any atom is -0.354 e. The fraction of sp³-hybridized carbons (Fsp3) is 0.238. The van der Waals surface area contributed by atoms with Gasteiger partial charge >= 0.3 is 0 Å². The van der Waals surface area contributed by atoms with E-state index in [9.17, 15) is 19.2 Å². The highest BCUT2D eigenvalue weighted by atomic mass is 35.5. The molecule has 3 amide bonds. The van der Waals surface area contributed by atoms with Crippen molar-refractivity contribution in [2.24, 2.45) is 0 Å². The summed E-state index contributed by atoms with van der Waals surface area (Å²) in [4.78, 5) is 53.3. The topological polar surface area (TPSA) is 99.3 Å². The van der Waals surface area contributed by atoms with Gasteiger partial charge in [-0.1, -0.05) is 35.3 Å². The van der Waals surface area contributed by atoms with Crippen molar-refractivity contribution in [1.29, 1.82) is 0 Å². The van der Waals surface area contributed by atoms with E-state index in [0.717, 1.165) is 16.7 Å². The van der Waals surface area contributed by atoms with Gasteiger partial charge in [0.2, 0.25) is 0 Å². The highest BCUT2D eigenvalue weighted by Crippen LogP contribution is 2.34. The fourth-order valence-electron chi connectivity index (χ4n) is 3.34. The third-order valence-electron chi connectivity index (χ3n) is 4.78. The quantitative estimate of drug-likeness (QED) is 0.465. The number of hydrogen-bond donors (Lipinski definition) is 2. The third kappa shape index (κ3) is 4.71. The smallest absolute Gasteiger partial charge is 0.293 e. The first-order valence-electron chi connectivity index (χ1n) is 9.29. The van der Waals surface area contributed by atoms with Crippen LogP contribution in [0.4, 0.5) is 4.79 Å². The lowest BCUT2D eigenvalue weighted by atomic mass is 10.1. The summed E-state index contributed by atoms with van der Waals surface area (Å²) in [5.74, 6) is -1.01. The van der Waals surface area contributed by atoms with E-state index in [4.69, 9.17) is 23.2 Å². The van der Waals surface area contributed by atoms with Crippen LogP contribution in [0.5, 0.6) is 0 Å². The van der Waals surface area contributed by atoms with Gasteiger partial charge in [-0.15, -0.1) is 0 Å². The Balaban J connectivity index is 1.66. The number of ketones is 1. The largest absolute Gasteiger partial charge is 0.354 e. The maximum atomic E-state index is 12.6. The van der Waals surface area contributed by atoms with Crippen LogP contribution in [-0.4, -0.2) is 45.8 Å². The van der Waals surface area contributed by atoms with Gasteiger partial charge in [0.15, 0.2) is 5.78 Å². The number of carbonyl (C=O) groups is 4. The number of nitrogens with one attached hydrogen (secondary N) is 2. The number of imide groups is 1. The molecule has 1 aliphatic rings. The average molecular weight is 480 g/mol. The van der Waals surface area contributed by atoms with Crippen LogP contribution < -0.4 is 5.32 Å². The molecular weight excluding hydrogens is 461 g/mol. The highest BCUT2D eigenvalue weighted by Gasteiger charge is 2.35. The predicted molar refractivity (Wildman–Crippen MR) is 122 cm³/mol. The van der Waals surface area contributed by atoms with E-state index >= 15 is 0 Å². The number of aromatic nitrogens is 1. The molecule has 1 fully saturated rings. The Bertz CT molecular complexity index is 1140. The maximum absolute atomic E-state index is 12.6. The van der Waals surface area contributed by atoms with Crippen LogP contribution in [0.1, 0.15) is 44.6 Å². The Morgan fingerprint density at radius 2 is 1.94 bits per heavy atom. The number of benzene rings is 1. The summed E-state index contributed by atoms with van der Waals surface area (Å²) in [7, 11) is 0. The fourth-order valence-corrected chi connectivity index (χ4v) is 4.56. The van der Waals surface area contributed by atoms with Crippen molar-refractivity contribution in [1.82, 2.24) is 15.2 Å². The van der Waals surface area contributed by atoms with E-state index in [1.807, 2.05) is 0 Å². The Morgan fingerprint density at radius 1 is 1.23 bits per heavy atom. The molecule has 0 radical (unpaired) electrons. The SMILES string of the molecule is CC(=O)c1c(C)[nH]c(C(=O)NCCN2C(=O)S/C(=C\c3cccc(Cl)c3Cl)C2=O)c1C. The zero-order chi connectivity index (χ0) is 22.9. The number of rotatable bonds is 6. The molecule has 2 heterocycles. The van der Waals surface area contributed by atoms with E-state index < -0.39 is 17.1 Å². The second kappa shape index (κ2) is 9.30. The summed E-state index contributed by atoms with van der Waals surface area (Å²) in [6.07, 6.45) is 1.52. The van der Waals surface area contributed by atoms with Crippen molar-refractivity contribution in [3.8, 4) is 0 Å². The molecule has 1 saturated heterocycles. The van der Waals surface area contributed by atoms with Crippen molar-refractivity contribution in [3.05, 3.63) is 61.2 Å². The molecule has 0 spiro atoms. The number of thioether (sulfide) groups is 1. The molecule has 0 saturated carbocycles. The molecule has 7 nitrogen and oxygen atoms in total. The summed E-state index contributed by atoms with van der Waals surface area (Å²) in [6.45, 7) is 4.93. The minimum atomic E-state index is -0.467. The van der Waals surface area contributed by atoms with Crippen molar-refractivity contribution >= 4 is 63.9 Å². The summed E-state index contributed by atoms with van der Waals surface area (Å²) in [5.41, 5.74) is 2.49. The van der Waals surface area contributed by atoms with Crippen LogP contribution in [0.3, 0.4) is 0 Å². The van der Waals surface area contributed by atoms with E-state index in [2.05, 4.69) is 10.3 Å². The van der Waals surface area contributed by atoms with E-state index in [1.54, 1.807) is 32.0 Å². The minimum absolute atomic E-state index is 0.00925. The third-order valence-corrected chi connectivity index (χ3v) is 6.52. The van der Waals surface area contributed by atoms with E-state index in [0.29, 0.717) is 32.4 Å². The van der Waals surface area contributed by atoms with Gasteiger partial charge in [0.1, 0.15) is 5.69 Å². The molecular formula is C21H19Cl2N3O4S. The highest BCUT2D eigenvalue weighted by molar-refractivity contribution is 8.18. The Hall–Kier alpha value is -2.55. The van der Waals surface area contributed by atoms with Crippen LogP contribution in [-0.2, 0) is 4.79 Å². The molecule has 0 atom stereocenters. The standard InChI is InChI=1S/C21H19Cl2N3O4S/c1-10-16(12(3)27)11(2)25-18(10)19(28)24-7-8-26-20(29)15(31-21(26)30)9-13-5-4-6-14(22)17(13)23/h4-6,9,25H,7-8H2,1-3H3,(H,24,28)/b15-9-. The first-order valence-corrected chi connectivity index (χ1v) is 10.9. The molecule has 31 heavy (non-hydrogen) atoms. The van der Waals surface area contributed by atoms with Crippen LogP contribution >= 0.6 is 35.0 Å². The number of nitrogens with zero attached hydrogens (tertiary/aromatic N) is 1. The molecule has 1 aliphatic heterocycles. The van der Waals surface area contributed by atoms with Gasteiger partial charge in [-0.3, -0.25) is 24.1 Å². The molecule has 162 valence electrons. The number of H-pyrrole nitrogens is 1. The van der Waals surface area contributed by atoms with E-state index in [-0.39, 0.29) is 29.5 Å². The Morgan fingerprint density at radius 3 is 2.58 bits per heavy atom. The molecule has 0 aliphatic carbocycles. The number of hydrogen-bond acceptors (Lipinski definition) is 5. The number of carbonyl (C=O) groups excluding carboxylic acids is 4. The zero-order valence-corrected chi connectivity index (χ0v) is 19.3. The Kier molecular flexibility index (Phi) is 6.93. The number of halogens is 2. The molecule has 2 N–H and O–H groups in total. The summed E-state index contributed by atoms with van der Waals surface area (Å²) < 4.78 is 0. The second-order valence-electron chi connectivity index (χ2n) is 6.91. The van der Waals surface area contributed by atoms with Gasteiger partial charge in [-0.05, 0) is 55.8 Å². The van der Waals surface area contributed by atoms with Crippen molar-refractivity contribution in [2.75, 3.05) is 13.1 Å². The lowest BCUT2D eigenvalue weighted by Crippen LogP contribution is -2.37. The molecule has 10 heteroatoms. The predicted octanol–water partition coefficient (Wildman–Crippen LogP) is 4.61. The van der Waals surface area contributed by atoms with Crippen LogP contribution in [0, 0.1) is 13.8 Å². The van der Waals surface area contributed by atoms with Crippen LogP contribution in [0.2, 0.25) is 10.0 Å². The zero-order valence-electron chi connectivity index (χ0n) is 17.0. The van der Waals surface area contributed by atoms with Crippen molar-refractivity contribution in [2.45, 2.75) is 20.8 Å². The molecule has 0 bridgehead atoms. The molecule has 0 unspecified atom stereocenters. The lowest BCUT2D eigenvalue weighted by Gasteiger charge is -2.13. The number of aryl methyl sites for hydroxylation is 1. The van der Waals surface area contributed by atoms with Gasteiger partial charge < -0.3 is 10.3 Å². The monoisotopic (exact) mass is 479 g/mol. The van der Waals surface area contributed by atoms with Crippen molar-refractivity contribution < 1.29 is 19.2 Å². The normalized spacial score (nSPS) is 15.1. The molecule has 1 aromatic carbocycles. The van der Waals surface area contributed by atoms with Crippen molar-refractivity contribution in [3.63, 3.8) is 0 Å². The lowest BCUT2D eigenvalue weighted by molar-refractivity contribution is -0.122. The number of aromatic amines is 1. The second-order valence-corrected chi connectivity index (χ2v) is 8.69. The Labute approximate surface area is 193 Å². The average Bonchev–Trinajstić information content (AvgIpc) is 3.14. The maximum Gasteiger partial charge on any atom is 0.293 e.